The van der Waals surface area contributed by atoms with Crippen LogP contribution in [0.3, 0.4) is 0 Å². The lowest BCUT2D eigenvalue weighted by Gasteiger charge is -2.14. The van der Waals surface area contributed by atoms with Crippen molar-refractivity contribution in [3.63, 3.8) is 0 Å². The van der Waals surface area contributed by atoms with Gasteiger partial charge in [0.1, 0.15) is 0 Å². The molecule has 30 heavy (non-hydrogen) atoms. The minimum Gasteiger partial charge on any atom is -0.353 e. The van der Waals surface area contributed by atoms with Crippen molar-refractivity contribution >= 4 is 23.6 Å². The number of rotatable bonds is 13. The van der Waals surface area contributed by atoms with E-state index < -0.39 is 23.9 Å². The van der Waals surface area contributed by atoms with Gasteiger partial charge in [0.2, 0.25) is 11.8 Å². The molecule has 0 radical (unpaired) electrons. The van der Waals surface area contributed by atoms with Crippen LogP contribution in [0.1, 0.15) is 51.4 Å². The van der Waals surface area contributed by atoms with Crippen molar-refractivity contribution in [2.75, 3.05) is 26.2 Å². The molecule has 4 amide bonds. The number of nitrogens with two attached hydrogens (primary N) is 4. The van der Waals surface area contributed by atoms with Gasteiger partial charge in [-0.1, -0.05) is 12.8 Å². The van der Waals surface area contributed by atoms with Crippen LogP contribution in [0.25, 0.3) is 0 Å². The zero-order valence-corrected chi connectivity index (χ0v) is 17.5. The molecule has 12 heteroatoms. The summed E-state index contributed by atoms with van der Waals surface area (Å²) in [4.78, 5) is 43.8. The number of carbonyl (C=O) groups excluding carboxylic acids is 4. The topological polar surface area (TPSA) is 220 Å². The van der Waals surface area contributed by atoms with Crippen molar-refractivity contribution in [1.82, 2.24) is 15.7 Å². The molecule has 1 aliphatic heterocycles. The molecule has 1 rings (SSSR count). The van der Waals surface area contributed by atoms with Gasteiger partial charge in [-0.05, 0) is 38.8 Å². The van der Waals surface area contributed by atoms with Gasteiger partial charge in [0.15, 0.2) is 0 Å². The molecule has 0 bridgehead atoms. The zero-order chi connectivity index (χ0) is 22.9. The second-order valence-corrected chi connectivity index (χ2v) is 6.96. The number of nitrogens with one attached hydrogen (secondary N) is 2. The van der Waals surface area contributed by atoms with Gasteiger partial charge in [0.25, 0.3) is 11.8 Å². The lowest BCUT2D eigenvalue weighted by atomic mass is 10.1. The molecule has 0 spiro atoms. The van der Waals surface area contributed by atoms with Gasteiger partial charge < -0.3 is 33.6 Å². The third kappa shape index (κ3) is 12.4. The molecule has 0 saturated carbocycles. The summed E-state index contributed by atoms with van der Waals surface area (Å²) in [7, 11) is 0. The normalized spacial score (nSPS) is 15.3. The number of hydrogen-bond acceptors (Lipinski definition) is 9. The fourth-order valence-electron chi connectivity index (χ4n) is 2.48. The number of amides is 4. The summed E-state index contributed by atoms with van der Waals surface area (Å²) in [5.74, 6) is -1.43. The lowest BCUT2D eigenvalue weighted by Crippen LogP contribution is -2.46. The van der Waals surface area contributed by atoms with Crippen molar-refractivity contribution < 1.29 is 24.4 Å². The Hall–Kier alpha value is -2.12. The highest BCUT2D eigenvalue weighted by molar-refractivity contribution is 6.00. The molecular formula is C18H37N7O5. The van der Waals surface area contributed by atoms with Gasteiger partial charge in [-0.15, -0.1) is 0 Å². The molecule has 0 aliphatic carbocycles. The summed E-state index contributed by atoms with van der Waals surface area (Å²) < 4.78 is 0. The number of carbonyl (C=O) groups is 4. The van der Waals surface area contributed by atoms with Crippen LogP contribution >= 0.6 is 0 Å². The predicted molar refractivity (Wildman–Crippen MR) is 111 cm³/mol. The summed E-state index contributed by atoms with van der Waals surface area (Å²) in [6, 6.07) is -1.05. The highest BCUT2D eigenvalue weighted by atomic mass is 16.5. The largest absolute Gasteiger partial charge is 0.353 e. The Balaban J connectivity index is 0.000000867. The third-order valence-corrected chi connectivity index (χ3v) is 4.36. The van der Waals surface area contributed by atoms with Crippen LogP contribution in [0.15, 0.2) is 0 Å². The molecule has 0 aromatic rings. The van der Waals surface area contributed by atoms with Crippen molar-refractivity contribution in [2.45, 2.75) is 63.5 Å². The van der Waals surface area contributed by atoms with E-state index in [0.717, 1.165) is 25.7 Å². The third-order valence-electron chi connectivity index (χ3n) is 4.36. The smallest absolute Gasteiger partial charge is 0.253 e. The first-order valence-corrected chi connectivity index (χ1v) is 10.3. The van der Waals surface area contributed by atoms with E-state index in [9.17, 15) is 19.2 Å². The average Bonchev–Trinajstić information content (AvgIpc) is 3.02. The summed E-state index contributed by atoms with van der Waals surface area (Å²) in [6.45, 7) is 1.88. The van der Waals surface area contributed by atoms with Crippen molar-refractivity contribution in [3.8, 4) is 0 Å². The zero-order valence-electron chi connectivity index (χ0n) is 17.5. The Morgan fingerprint density at radius 3 is 1.47 bits per heavy atom. The number of hydroxylamine groups is 2. The molecule has 1 fully saturated rings. The number of hydrogen-bond donors (Lipinski definition) is 7. The second kappa shape index (κ2) is 16.7. The van der Waals surface area contributed by atoms with Gasteiger partial charge in [-0.25, -0.2) is 0 Å². The molecule has 11 N–H and O–H groups in total. The molecule has 0 aromatic carbocycles. The standard InChI is InChI=1S/C14H32N6O2.C4H5NO3/c15-7-3-1-5-11(17)13(21)19-9-10-20-14(22)12(18)6-2-4-8-16;6-3-1-2-4(7)5(3)8/h11-12H,1-10,15-18H2,(H,19,21)(H,20,22);8H,1-2H2/t11-,12-;/m0./s1. The molecule has 1 aliphatic rings. The van der Waals surface area contributed by atoms with Crippen LogP contribution in [0.5, 0.6) is 0 Å². The Morgan fingerprint density at radius 1 is 0.833 bits per heavy atom. The maximum atomic E-state index is 11.7. The van der Waals surface area contributed by atoms with Crippen LogP contribution < -0.4 is 33.6 Å². The molecule has 1 heterocycles. The van der Waals surface area contributed by atoms with E-state index in [1.165, 1.54) is 0 Å². The summed E-state index contributed by atoms with van der Waals surface area (Å²) in [5, 5.41) is 13.9. The molecule has 1 saturated heterocycles. The highest BCUT2D eigenvalue weighted by Gasteiger charge is 2.26. The highest BCUT2D eigenvalue weighted by Crippen LogP contribution is 2.07. The van der Waals surface area contributed by atoms with Crippen LogP contribution in [0.2, 0.25) is 0 Å². The first-order valence-electron chi connectivity index (χ1n) is 10.3. The lowest BCUT2D eigenvalue weighted by molar-refractivity contribution is -0.171. The number of unbranched alkanes of at least 4 members (excludes halogenated alkanes) is 2. The van der Waals surface area contributed by atoms with E-state index in [-0.39, 0.29) is 29.7 Å². The Labute approximate surface area is 177 Å². The van der Waals surface area contributed by atoms with Gasteiger partial charge >= 0.3 is 0 Å². The van der Waals surface area contributed by atoms with Crippen molar-refractivity contribution in [2.24, 2.45) is 22.9 Å². The number of imide groups is 1. The predicted octanol–water partition coefficient (Wildman–Crippen LogP) is -2.34. The van der Waals surface area contributed by atoms with E-state index in [0.29, 0.717) is 39.0 Å². The summed E-state index contributed by atoms with van der Waals surface area (Å²) in [6.07, 6.45) is 4.91. The molecular weight excluding hydrogens is 394 g/mol. The molecule has 0 aromatic heterocycles. The van der Waals surface area contributed by atoms with Gasteiger partial charge in [0.05, 0.1) is 12.1 Å². The first kappa shape index (κ1) is 27.9. The summed E-state index contributed by atoms with van der Waals surface area (Å²) >= 11 is 0. The maximum Gasteiger partial charge on any atom is 0.253 e. The number of nitrogens with zero attached hydrogens (tertiary/aromatic N) is 1. The van der Waals surface area contributed by atoms with E-state index in [1.807, 2.05) is 0 Å². The van der Waals surface area contributed by atoms with Crippen molar-refractivity contribution in [1.29, 1.82) is 0 Å². The first-order chi connectivity index (χ1) is 14.2. The fourth-order valence-corrected chi connectivity index (χ4v) is 2.48. The van der Waals surface area contributed by atoms with Crippen LogP contribution in [0.4, 0.5) is 0 Å². The van der Waals surface area contributed by atoms with E-state index in [4.69, 9.17) is 28.1 Å². The Bertz CT molecular complexity index is 501. The molecule has 12 nitrogen and oxygen atoms in total. The Kier molecular flexibility index (Phi) is 15.5. The quantitative estimate of drug-likeness (QED) is 0.0941. The minimum atomic E-state index is -0.527. The van der Waals surface area contributed by atoms with E-state index in [1.54, 1.807) is 0 Å². The van der Waals surface area contributed by atoms with Gasteiger partial charge in [-0.3, -0.25) is 24.4 Å². The molecule has 0 unspecified atom stereocenters. The average molecular weight is 432 g/mol. The SMILES string of the molecule is NCCCC[C@H](N)C(=O)NCCNC(=O)[C@@H](N)CCCCN.O=C1CCC(=O)N1O. The summed E-state index contributed by atoms with van der Waals surface area (Å²) in [5.41, 5.74) is 22.3. The fraction of sp³-hybridized carbons (Fsp3) is 0.778. The minimum absolute atomic E-state index is 0.148. The molecule has 2 atom stereocenters. The van der Waals surface area contributed by atoms with E-state index in [2.05, 4.69) is 10.6 Å². The molecule has 174 valence electrons. The van der Waals surface area contributed by atoms with Crippen LogP contribution in [0, 0.1) is 0 Å². The monoisotopic (exact) mass is 431 g/mol. The Morgan fingerprint density at radius 2 is 1.20 bits per heavy atom. The van der Waals surface area contributed by atoms with Gasteiger partial charge in [-0.2, -0.15) is 5.06 Å². The maximum absolute atomic E-state index is 11.7. The second-order valence-electron chi connectivity index (χ2n) is 6.96. The van der Waals surface area contributed by atoms with Crippen LogP contribution in [-0.2, 0) is 19.2 Å². The van der Waals surface area contributed by atoms with E-state index >= 15 is 0 Å². The van der Waals surface area contributed by atoms with Crippen molar-refractivity contribution in [3.05, 3.63) is 0 Å². The van der Waals surface area contributed by atoms with Gasteiger partial charge in [0, 0.05) is 25.9 Å². The van der Waals surface area contributed by atoms with Crippen LogP contribution in [-0.4, -0.2) is 72.2 Å².